The number of aliphatic hydroxyl groups excluding tert-OH is 1. The van der Waals surface area contributed by atoms with Crippen LogP contribution < -0.4 is 5.32 Å². The lowest BCUT2D eigenvalue weighted by Gasteiger charge is -2.14. The van der Waals surface area contributed by atoms with E-state index in [0.717, 1.165) is 6.07 Å². The molecular weight excluding hydrogens is 274 g/mol. The van der Waals surface area contributed by atoms with Crippen molar-refractivity contribution in [3.63, 3.8) is 0 Å². The lowest BCUT2D eigenvalue weighted by molar-refractivity contribution is 0.191. The zero-order valence-electron chi connectivity index (χ0n) is 10.2. The largest absolute Gasteiger partial charge is 0.387 e. The fraction of sp³-hybridized carbons (Fsp3) is 0.143. The highest BCUT2D eigenvalue weighted by Crippen LogP contribution is 2.22. The van der Waals surface area contributed by atoms with Crippen molar-refractivity contribution in [2.45, 2.75) is 6.10 Å². The second-order valence-corrected chi connectivity index (χ2v) is 4.20. The summed E-state index contributed by atoms with van der Waals surface area (Å²) in [6, 6.07) is 6.27. The van der Waals surface area contributed by atoms with Gasteiger partial charge in [0.2, 0.25) is 0 Å². The van der Waals surface area contributed by atoms with E-state index in [1.54, 1.807) is 0 Å². The Bertz CT molecular complexity index is 595. The maximum absolute atomic E-state index is 13.3. The number of benzene rings is 2. The summed E-state index contributed by atoms with van der Waals surface area (Å²) in [5.74, 6) is -3.76. The van der Waals surface area contributed by atoms with Gasteiger partial charge in [0.25, 0.3) is 0 Å². The van der Waals surface area contributed by atoms with Gasteiger partial charge in [-0.2, -0.15) is 0 Å². The van der Waals surface area contributed by atoms with E-state index in [4.69, 9.17) is 0 Å². The van der Waals surface area contributed by atoms with Gasteiger partial charge in [-0.3, -0.25) is 0 Å². The molecule has 0 saturated carbocycles. The number of hydrogen-bond acceptors (Lipinski definition) is 2. The molecule has 0 heterocycles. The molecule has 0 amide bonds. The average molecular weight is 285 g/mol. The summed E-state index contributed by atoms with van der Waals surface area (Å²) in [5, 5.41) is 12.1. The topological polar surface area (TPSA) is 32.3 Å². The molecule has 0 saturated heterocycles. The first-order valence-electron chi connectivity index (χ1n) is 5.79. The monoisotopic (exact) mass is 285 g/mol. The van der Waals surface area contributed by atoms with Crippen LogP contribution in [-0.4, -0.2) is 11.7 Å². The summed E-state index contributed by atoms with van der Waals surface area (Å²) < 4.78 is 52.4. The molecule has 0 aromatic heterocycles. The molecule has 20 heavy (non-hydrogen) atoms. The molecule has 0 fully saturated rings. The standard InChI is InChI=1S/C14H11F4NO/c15-9-3-1-2-8(4-9)13(20)7-19-14-11(17)5-10(16)6-12(14)18/h1-6,13,19-20H,7H2. The van der Waals surface area contributed by atoms with Crippen LogP contribution in [0.5, 0.6) is 0 Å². The SMILES string of the molecule is OC(CNc1c(F)cc(F)cc1F)c1cccc(F)c1. The Morgan fingerprint density at radius 2 is 1.60 bits per heavy atom. The van der Waals surface area contributed by atoms with Crippen LogP contribution in [0.4, 0.5) is 23.2 Å². The first kappa shape index (κ1) is 14.3. The van der Waals surface area contributed by atoms with Gasteiger partial charge >= 0.3 is 0 Å². The predicted octanol–water partition coefficient (Wildman–Crippen LogP) is 3.39. The van der Waals surface area contributed by atoms with Crippen LogP contribution in [0.25, 0.3) is 0 Å². The number of aliphatic hydroxyl groups is 1. The Hall–Kier alpha value is -2.08. The lowest BCUT2D eigenvalue weighted by Crippen LogP contribution is -2.14. The molecular formula is C14H11F4NO. The zero-order valence-corrected chi connectivity index (χ0v) is 10.2. The highest BCUT2D eigenvalue weighted by atomic mass is 19.1. The average Bonchev–Trinajstić information content (AvgIpc) is 2.37. The summed E-state index contributed by atoms with van der Waals surface area (Å²) in [6.07, 6.45) is -1.16. The molecule has 2 aromatic rings. The first-order valence-corrected chi connectivity index (χ1v) is 5.79. The molecule has 1 atom stereocenters. The third kappa shape index (κ3) is 3.27. The smallest absolute Gasteiger partial charge is 0.152 e. The van der Waals surface area contributed by atoms with Crippen LogP contribution in [-0.2, 0) is 0 Å². The minimum Gasteiger partial charge on any atom is -0.387 e. The third-order valence-corrected chi connectivity index (χ3v) is 2.71. The van der Waals surface area contributed by atoms with Gasteiger partial charge in [-0.25, -0.2) is 17.6 Å². The molecule has 2 aromatic carbocycles. The highest BCUT2D eigenvalue weighted by molar-refractivity contribution is 5.46. The Kier molecular flexibility index (Phi) is 4.24. The van der Waals surface area contributed by atoms with E-state index in [2.05, 4.69) is 5.32 Å². The van der Waals surface area contributed by atoms with Crippen molar-refractivity contribution in [1.29, 1.82) is 0 Å². The maximum Gasteiger partial charge on any atom is 0.152 e. The molecule has 0 spiro atoms. The van der Waals surface area contributed by atoms with E-state index in [1.165, 1.54) is 18.2 Å². The minimum atomic E-state index is -1.16. The van der Waals surface area contributed by atoms with Gasteiger partial charge in [0.05, 0.1) is 6.10 Å². The number of anilines is 1. The van der Waals surface area contributed by atoms with Crippen molar-refractivity contribution >= 4 is 5.69 Å². The van der Waals surface area contributed by atoms with Crippen molar-refractivity contribution in [2.24, 2.45) is 0 Å². The van der Waals surface area contributed by atoms with E-state index in [-0.39, 0.29) is 12.1 Å². The van der Waals surface area contributed by atoms with Gasteiger partial charge in [-0.15, -0.1) is 0 Å². The van der Waals surface area contributed by atoms with E-state index < -0.39 is 35.1 Å². The Morgan fingerprint density at radius 3 is 2.20 bits per heavy atom. The molecule has 6 heteroatoms. The summed E-state index contributed by atoms with van der Waals surface area (Å²) in [5.41, 5.74) is -0.276. The fourth-order valence-corrected chi connectivity index (χ4v) is 1.74. The van der Waals surface area contributed by atoms with Gasteiger partial charge in [-0.1, -0.05) is 12.1 Å². The maximum atomic E-state index is 13.3. The van der Waals surface area contributed by atoms with Crippen molar-refractivity contribution in [3.8, 4) is 0 Å². The van der Waals surface area contributed by atoms with E-state index in [9.17, 15) is 22.7 Å². The summed E-state index contributed by atoms with van der Waals surface area (Å²) >= 11 is 0. The first-order chi connectivity index (χ1) is 9.47. The molecule has 106 valence electrons. The van der Waals surface area contributed by atoms with Crippen molar-refractivity contribution in [1.82, 2.24) is 0 Å². The summed E-state index contributed by atoms with van der Waals surface area (Å²) in [7, 11) is 0. The minimum absolute atomic E-state index is 0.247. The molecule has 0 aliphatic rings. The number of rotatable bonds is 4. The van der Waals surface area contributed by atoms with E-state index in [1.807, 2.05) is 0 Å². The van der Waals surface area contributed by atoms with E-state index in [0.29, 0.717) is 12.1 Å². The van der Waals surface area contributed by atoms with Crippen LogP contribution in [0.3, 0.4) is 0 Å². The van der Waals surface area contributed by atoms with Gasteiger partial charge in [0.1, 0.15) is 17.3 Å². The number of hydrogen-bond donors (Lipinski definition) is 2. The molecule has 2 nitrogen and oxygen atoms in total. The van der Waals surface area contributed by atoms with Crippen LogP contribution in [0, 0.1) is 23.3 Å². The predicted molar refractivity (Wildman–Crippen MR) is 66.2 cm³/mol. The normalized spacial score (nSPS) is 12.2. The van der Waals surface area contributed by atoms with Gasteiger partial charge in [0, 0.05) is 18.7 Å². The number of halogens is 4. The van der Waals surface area contributed by atoms with Gasteiger partial charge in [0.15, 0.2) is 11.6 Å². The van der Waals surface area contributed by atoms with Gasteiger partial charge < -0.3 is 10.4 Å². The molecule has 0 aliphatic heterocycles. The Morgan fingerprint density at radius 1 is 0.950 bits per heavy atom. The van der Waals surface area contributed by atoms with Crippen LogP contribution >= 0.6 is 0 Å². The highest BCUT2D eigenvalue weighted by Gasteiger charge is 2.14. The van der Waals surface area contributed by atoms with Crippen molar-refractivity contribution in [2.75, 3.05) is 11.9 Å². The second kappa shape index (κ2) is 5.92. The molecule has 0 radical (unpaired) electrons. The fourth-order valence-electron chi connectivity index (χ4n) is 1.74. The molecule has 2 N–H and O–H groups in total. The lowest BCUT2D eigenvalue weighted by atomic mass is 10.1. The summed E-state index contributed by atoms with van der Waals surface area (Å²) in [6.45, 7) is -0.247. The molecule has 2 rings (SSSR count). The third-order valence-electron chi connectivity index (χ3n) is 2.71. The molecule has 0 bridgehead atoms. The van der Waals surface area contributed by atoms with Gasteiger partial charge in [-0.05, 0) is 17.7 Å². The van der Waals surface area contributed by atoms with Crippen molar-refractivity contribution in [3.05, 3.63) is 65.2 Å². The van der Waals surface area contributed by atoms with Crippen LogP contribution in [0.15, 0.2) is 36.4 Å². The quantitative estimate of drug-likeness (QED) is 0.844. The summed E-state index contributed by atoms with van der Waals surface area (Å²) in [4.78, 5) is 0. The van der Waals surface area contributed by atoms with E-state index >= 15 is 0 Å². The van der Waals surface area contributed by atoms with Crippen LogP contribution in [0.2, 0.25) is 0 Å². The Balaban J connectivity index is 2.09. The van der Waals surface area contributed by atoms with Crippen molar-refractivity contribution < 1.29 is 22.7 Å². The zero-order chi connectivity index (χ0) is 14.7. The molecule has 0 aliphatic carbocycles. The second-order valence-electron chi connectivity index (χ2n) is 4.20. The number of nitrogens with one attached hydrogen (secondary N) is 1. The Labute approximate surface area is 112 Å². The molecule has 1 unspecified atom stereocenters. The van der Waals surface area contributed by atoms with Crippen LogP contribution in [0.1, 0.15) is 11.7 Å².